The summed E-state index contributed by atoms with van der Waals surface area (Å²) >= 11 is 0. The van der Waals surface area contributed by atoms with E-state index in [0.717, 1.165) is 16.8 Å². The molecule has 0 aliphatic heterocycles. The van der Waals surface area contributed by atoms with E-state index in [-0.39, 0.29) is 0 Å². The highest BCUT2D eigenvalue weighted by Crippen LogP contribution is 2.18. The molecule has 0 aromatic heterocycles. The highest BCUT2D eigenvalue weighted by molar-refractivity contribution is 5.92. The summed E-state index contributed by atoms with van der Waals surface area (Å²) in [6.45, 7) is 9.35. The number of nitrogens with one attached hydrogen (secondary N) is 1. The van der Waals surface area contributed by atoms with Crippen LogP contribution in [0.25, 0.3) is 0 Å². The van der Waals surface area contributed by atoms with Crippen molar-refractivity contribution in [3.63, 3.8) is 0 Å². The average Bonchev–Trinajstić information content (AvgIpc) is 2.67. The Morgan fingerprint density at radius 3 is 2.56 bits per heavy atom. The van der Waals surface area contributed by atoms with Gasteiger partial charge in [-0.05, 0) is 41.7 Å². The molecule has 2 aromatic carbocycles. The van der Waals surface area contributed by atoms with Gasteiger partial charge in [-0.2, -0.15) is 0 Å². The topological polar surface area (TPSA) is 68.9 Å². The molecule has 0 unspecified atom stereocenters. The molecule has 5 heteroatoms. The molecule has 0 bridgehead atoms. The Morgan fingerprint density at radius 2 is 1.78 bits per heavy atom. The van der Waals surface area contributed by atoms with Gasteiger partial charge >= 0.3 is 0 Å². The Labute approximate surface area is 162 Å². The largest absolute Gasteiger partial charge is 0.379 e. The highest BCUT2D eigenvalue weighted by Gasteiger charge is 2.02. The van der Waals surface area contributed by atoms with Gasteiger partial charge < -0.3 is 20.5 Å². The second-order valence-corrected chi connectivity index (χ2v) is 6.68. The van der Waals surface area contributed by atoms with Crippen molar-refractivity contribution < 1.29 is 9.47 Å². The number of hydrogen-bond donors (Lipinski definition) is 2. The molecule has 2 rings (SSSR count). The van der Waals surface area contributed by atoms with E-state index in [1.807, 2.05) is 37.3 Å². The van der Waals surface area contributed by atoms with Crippen molar-refractivity contribution >= 4 is 11.6 Å². The Hall–Kier alpha value is -2.37. The van der Waals surface area contributed by atoms with Gasteiger partial charge in [-0.3, -0.25) is 0 Å². The van der Waals surface area contributed by atoms with Crippen LogP contribution in [0.5, 0.6) is 0 Å². The lowest BCUT2D eigenvalue weighted by Crippen LogP contribution is -2.22. The van der Waals surface area contributed by atoms with Crippen molar-refractivity contribution in [2.75, 3.05) is 25.1 Å². The molecule has 0 aliphatic carbocycles. The summed E-state index contributed by atoms with van der Waals surface area (Å²) < 4.78 is 10.9. The van der Waals surface area contributed by atoms with E-state index in [0.29, 0.717) is 44.8 Å². The number of nitrogens with zero attached hydrogens (tertiary/aromatic N) is 1. The van der Waals surface area contributed by atoms with Crippen molar-refractivity contribution in [3.8, 4) is 0 Å². The minimum absolute atomic E-state index is 0.411. The van der Waals surface area contributed by atoms with Gasteiger partial charge in [0.2, 0.25) is 0 Å². The maximum absolute atomic E-state index is 6.04. The first-order valence-electron chi connectivity index (χ1n) is 9.48. The van der Waals surface area contributed by atoms with E-state index in [1.54, 1.807) is 0 Å². The standard InChI is InChI=1S/C22H31N3O2/c1-4-26-11-12-27-16-19-8-5-7-18(13-19)15-24-22(23)25-21-10-6-9-20(14-21)17(2)3/h5-10,13-14,17H,4,11-12,15-16H2,1-3H3,(H3,23,24,25). The normalized spacial score (nSPS) is 11.8. The molecule has 0 atom stereocenters. The van der Waals surface area contributed by atoms with Gasteiger partial charge in [0.25, 0.3) is 0 Å². The number of benzene rings is 2. The van der Waals surface area contributed by atoms with Crippen LogP contribution in [-0.2, 0) is 22.6 Å². The Morgan fingerprint density at radius 1 is 1.04 bits per heavy atom. The smallest absolute Gasteiger partial charge is 0.193 e. The van der Waals surface area contributed by atoms with Crippen molar-refractivity contribution in [2.45, 2.75) is 39.8 Å². The third-order valence-corrected chi connectivity index (χ3v) is 4.09. The van der Waals surface area contributed by atoms with E-state index < -0.39 is 0 Å². The molecule has 0 fully saturated rings. The maximum Gasteiger partial charge on any atom is 0.193 e. The minimum atomic E-state index is 0.411. The zero-order valence-corrected chi connectivity index (χ0v) is 16.6. The molecule has 0 amide bonds. The van der Waals surface area contributed by atoms with Crippen LogP contribution in [0.3, 0.4) is 0 Å². The number of guanidine groups is 1. The molecule has 2 aromatic rings. The zero-order chi connectivity index (χ0) is 19.5. The average molecular weight is 370 g/mol. The Kier molecular flexibility index (Phi) is 8.81. The third kappa shape index (κ3) is 7.81. The van der Waals surface area contributed by atoms with Crippen LogP contribution in [0.4, 0.5) is 5.69 Å². The van der Waals surface area contributed by atoms with Gasteiger partial charge in [0, 0.05) is 12.3 Å². The summed E-state index contributed by atoms with van der Waals surface area (Å²) in [5.41, 5.74) is 10.5. The second-order valence-electron chi connectivity index (χ2n) is 6.68. The quantitative estimate of drug-likeness (QED) is 0.372. The van der Waals surface area contributed by atoms with Crippen LogP contribution in [-0.4, -0.2) is 25.8 Å². The Balaban J connectivity index is 1.87. The molecule has 0 heterocycles. The van der Waals surface area contributed by atoms with Crippen molar-refractivity contribution in [3.05, 3.63) is 65.2 Å². The summed E-state index contributed by atoms with van der Waals surface area (Å²) in [5, 5.41) is 3.17. The van der Waals surface area contributed by atoms with Crippen molar-refractivity contribution in [1.82, 2.24) is 0 Å². The maximum atomic E-state index is 6.04. The van der Waals surface area contributed by atoms with Crippen LogP contribution >= 0.6 is 0 Å². The molecule has 3 N–H and O–H groups in total. The first-order valence-corrected chi connectivity index (χ1v) is 9.48. The van der Waals surface area contributed by atoms with Gasteiger partial charge in [0.15, 0.2) is 5.96 Å². The summed E-state index contributed by atoms with van der Waals surface area (Å²) in [5.74, 6) is 0.887. The lowest BCUT2D eigenvalue weighted by molar-refractivity contribution is 0.0453. The fourth-order valence-electron chi connectivity index (χ4n) is 2.61. The van der Waals surface area contributed by atoms with Gasteiger partial charge in [0.05, 0.1) is 26.4 Å². The summed E-state index contributed by atoms with van der Waals surface area (Å²) in [6.07, 6.45) is 0. The van der Waals surface area contributed by atoms with Crippen LogP contribution in [0.1, 0.15) is 43.4 Å². The summed E-state index contributed by atoms with van der Waals surface area (Å²) in [7, 11) is 0. The first kappa shape index (κ1) is 20.9. The fraction of sp³-hybridized carbons (Fsp3) is 0.409. The van der Waals surface area contributed by atoms with E-state index in [4.69, 9.17) is 15.2 Å². The van der Waals surface area contributed by atoms with Crippen LogP contribution in [0.15, 0.2) is 53.5 Å². The van der Waals surface area contributed by atoms with Gasteiger partial charge in [-0.15, -0.1) is 0 Å². The predicted molar refractivity (Wildman–Crippen MR) is 112 cm³/mol. The van der Waals surface area contributed by atoms with Crippen LogP contribution in [0.2, 0.25) is 0 Å². The summed E-state index contributed by atoms with van der Waals surface area (Å²) in [4.78, 5) is 4.45. The number of hydrogen-bond acceptors (Lipinski definition) is 3. The number of ether oxygens (including phenoxy) is 2. The monoisotopic (exact) mass is 369 g/mol. The van der Waals surface area contributed by atoms with E-state index >= 15 is 0 Å². The molecule has 27 heavy (non-hydrogen) atoms. The van der Waals surface area contributed by atoms with Crippen molar-refractivity contribution in [1.29, 1.82) is 0 Å². The Bertz CT molecular complexity index is 729. The highest BCUT2D eigenvalue weighted by atomic mass is 16.5. The number of aliphatic imine (C=N–C) groups is 1. The lowest BCUT2D eigenvalue weighted by Gasteiger charge is -2.10. The van der Waals surface area contributed by atoms with Gasteiger partial charge in [-0.1, -0.05) is 50.2 Å². The third-order valence-electron chi connectivity index (χ3n) is 4.09. The fourth-order valence-corrected chi connectivity index (χ4v) is 2.61. The molecule has 146 valence electrons. The van der Waals surface area contributed by atoms with Gasteiger partial charge in [-0.25, -0.2) is 4.99 Å². The van der Waals surface area contributed by atoms with Gasteiger partial charge in [0.1, 0.15) is 0 Å². The SMILES string of the molecule is CCOCCOCc1cccc(CN=C(N)Nc2cccc(C(C)C)c2)c1. The van der Waals surface area contributed by atoms with E-state index in [1.165, 1.54) is 5.56 Å². The molecule has 0 aliphatic rings. The lowest BCUT2D eigenvalue weighted by atomic mass is 10.0. The number of nitrogens with two attached hydrogens (primary N) is 1. The van der Waals surface area contributed by atoms with Crippen LogP contribution < -0.4 is 11.1 Å². The molecular weight excluding hydrogens is 338 g/mol. The molecule has 0 saturated heterocycles. The first-order chi connectivity index (χ1) is 13.1. The summed E-state index contributed by atoms with van der Waals surface area (Å²) in [6, 6.07) is 16.4. The zero-order valence-electron chi connectivity index (χ0n) is 16.6. The molecule has 0 saturated carbocycles. The minimum Gasteiger partial charge on any atom is -0.379 e. The van der Waals surface area contributed by atoms with Crippen molar-refractivity contribution in [2.24, 2.45) is 10.7 Å². The molecule has 0 spiro atoms. The van der Waals surface area contributed by atoms with Crippen LogP contribution in [0, 0.1) is 0 Å². The van der Waals surface area contributed by atoms with E-state index in [9.17, 15) is 0 Å². The number of rotatable bonds is 10. The molecule has 0 radical (unpaired) electrons. The second kappa shape index (κ2) is 11.4. The van der Waals surface area contributed by atoms with E-state index in [2.05, 4.69) is 42.4 Å². The molecule has 5 nitrogen and oxygen atoms in total. The molecular formula is C22H31N3O2. The number of anilines is 1. The predicted octanol–water partition coefficient (Wildman–Crippen LogP) is 4.29.